The lowest BCUT2D eigenvalue weighted by Gasteiger charge is -2.16. The molecule has 0 fully saturated rings. The van der Waals surface area contributed by atoms with Gasteiger partial charge in [-0.3, -0.25) is 9.59 Å². The maximum absolute atomic E-state index is 11.7. The standard InChI is InChI=1S/C14H19NO3/c1-14(2,3)12(16)9-13(17)15-10-5-7-11(18-4)8-6-10/h5-8H,9H2,1-4H3,(H,15,17). The van der Waals surface area contributed by atoms with E-state index in [0.29, 0.717) is 5.69 Å². The van der Waals surface area contributed by atoms with Crippen molar-refractivity contribution in [1.82, 2.24) is 0 Å². The zero-order chi connectivity index (χ0) is 13.8. The number of ether oxygens (including phenoxy) is 1. The Labute approximate surface area is 107 Å². The van der Waals surface area contributed by atoms with Gasteiger partial charge in [0.1, 0.15) is 11.5 Å². The summed E-state index contributed by atoms with van der Waals surface area (Å²) in [6.45, 7) is 5.40. The second-order valence-electron chi connectivity index (χ2n) is 5.13. The molecule has 0 heterocycles. The number of rotatable bonds is 4. The predicted molar refractivity (Wildman–Crippen MR) is 70.7 cm³/mol. The molecule has 98 valence electrons. The van der Waals surface area contributed by atoms with Crippen molar-refractivity contribution in [3.05, 3.63) is 24.3 Å². The smallest absolute Gasteiger partial charge is 0.231 e. The van der Waals surface area contributed by atoms with Crippen LogP contribution in [0.2, 0.25) is 0 Å². The largest absolute Gasteiger partial charge is 0.497 e. The maximum Gasteiger partial charge on any atom is 0.231 e. The number of ketones is 1. The lowest BCUT2D eigenvalue weighted by molar-refractivity contribution is -0.130. The van der Waals surface area contributed by atoms with Gasteiger partial charge in [0.05, 0.1) is 13.5 Å². The van der Waals surface area contributed by atoms with Crippen molar-refractivity contribution < 1.29 is 14.3 Å². The molecule has 0 aromatic heterocycles. The average Bonchev–Trinajstić information content (AvgIpc) is 2.28. The topological polar surface area (TPSA) is 55.4 Å². The summed E-state index contributed by atoms with van der Waals surface area (Å²) in [5.74, 6) is 0.354. The van der Waals surface area contributed by atoms with E-state index in [1.807, 2.05) is 0 Å². The fraction of sp³-hybridized carbons (Fsp3) is 0.429. The number of carbonyl (C=O) groups excluding carboxylic acids is 2. The molecule has 4 heteroatoms. The molecule has 18 heavy (non-hydrogen) atoms. The van der Waals surface area contributed by atoms with Crippen LogP contribution in [0.1, 0.15) is 27.2 Å². The van der Waals surface area contributed by atoms with Crippen LogP contribution in [-0.4, -0.2) is 18.8 Å². The van der Waals surface area contributed by atoms with Gasteiger partial charge in [0.2, 0.25) is 5.91 Å². The third-order valence-electron chi connectivity index (χ3n) is 2.53. The van der Waals surface area contributed by atoms with Crippen molar-refractivity contribution in [2.24, 2.45) is 5.41 Å². The van der Waals surface area contributed by atoms with Gasteiger partial charge in [-0.15, -0.1) is 0 Å². The number of benzene rings is 1. The molecule has 0 saturated heterocycles. The Balaban J connectivity index is 2.57. The zero-order valence-electron chi connectivity index (χ0n) is 11.2. The SMILES string of the molecule is COc1ccc(NC(=O)CC(=O)C(C)(C)C)cc1. The van der Waals surface area contributed by atoms with Crippen LogP contribution in [0, 0.1) is 5.41 Å². The lowest BCUT2D eigenvalue weighted by atomic mass is 9.89. The van der Waals surface area contributed by atoms with E-state index in [0.717, 1.165) is 5.75 Å². The van der Waals surface area contributed by atoms with Gasteiger partial charge in [-0.25, -0.2) is 0 Å². The minimum absolute atomic E-state index is 0.0755. The number of nitrogens with one attached hydrogen (secondary N) is 1. The van der Waals surface area contributed by atoms with Crippen LogP contribution in [0.5, 0.6) is 5.75 Å². The first-order valence-electron chi connectivity index (χ1n) is 5.80. The first-order chi connectivity index (χ1) is 8.32. The van der Waals surface area contributed by atoms with E-state index in [2.05, 4.69) is 5.32 Å². The van der Waals surface area contributed by atoms with E-state index in [-0.39, 0.29) is 18.1 Å². The molecule has 1 aromatic carbocycles. The molecular weight excluding hydrogens is 230 g/mol. The van der Waals surface area contributed by atoms with Crippen LogP contribution < -0.4 is 10.1 Å². The summed E-state index contributed by atoms with van der Waals surface area (Å²) in [6, 6.07) is 6.97. The van der Waals surface area contributed by atoms with Gasteiger partial charge in [-0.2, -0.15) is 0 Å². The van der Waals surface area contributed by atoms with E-state index in [9.17, 15) is 9.59 Å². The van der Waals surface area contributed by atoms with Gasteiger partial charge in [0.15, 0.2) is 0 Å². The van der Waals surface area contributed by atoms with Crippen LogP contribution in [0.3, 0.4) is 0 Å². The molecule has 1 rings (SSSR count). The van der Waals surface area contributed by atoms with E-state index < -0.39 is 5.41 Å². The van der Waals surface area contributed by atoms with E-state index in [1.165, 1.54) is 0 Å². The van der Waals surface area contributed by atoms with Crippen molar-refractivity contribution in [1.29, 1.82) is 0 Å². The van der Waals surface area contributed by atoms with Crippen molar-refractivity contribution in [3.8, 4) is 5.75 Å². The van der Waals surface area contributed by atoms with Crippen LogP contribution >= 0.6 is 0 Å². The van der Waals surface area contributed by atoms with Gasteiger partial charge < -0.3 is 10.1 Å². The first kappa shape index (κ1) is 14.2. The Morgan fingerprint density at radius 2 is 1.72 bits per heavy atom. The fourth-order valence-corrected chi connectivity index (χ4v) is 1.29. The number of hydrogen-bond acceptors (Lipinski definition) is 3. The summed E-state index contributed by atoms with van der Waals surface area (Å²) in [6.07, 6.45) is -0.102. The molecule has 0 bridgehead atoms. The number of Topliss-reactive ketones (excluding diaryl/α,β-unsaturated/α-hetero) is 1. The highest BCUT2D eigenvalue weighted by Crippen LogP contribution is 2.18. The number of methoxy groups -OCH3 is 1. The molecule has 0 spiro atoms. The van der Waals surface area contributed by atoms with Gasteiger partial charge >= 0.3 is 0 Å². The average molecular weight is 249 g/mol. The summed E-state index contributed by atoms with van der Waals surface area (Å²) in [4.78, 5) is 23.3. The summed E-state index contributed by atoms with van der Waals surface area (Å²) < 4.78 is 5.02. The van der Waals surface area contributed by atoms with E-state index in [1.54, 1.807) is 52.1 Å². The number of carbonyl (C=O) groups is 2. The number of anilines is 1. The molecular formula is C14H19NO3. The van der Waals surface area contributed by atoms with Crippen molar-refractivity contribution in [2.75, 3.05) is 12.4 Å². The third-order valence-corrected chi connectivity index (χ3v) is 2.53. The monoisotopic (exact) mass is 249 g/mol. The highest BCUT2D eigenvalue weighted by Gasteiger charge is 2.23. The molecule has 0 atom stereocenters. The summed E-state index contributed by atoms with van der Waals surface area (Å²) in [7, 11) is 1.58. The molecule has 0 aliphatic heterocycles. The second-order valence-corrected chi connectivity index (χ2v) is 5.13. The lowest BCUT2D eigenvalue weighted by Crippen LogP contribution is -2.26. The summed E-state index contributed by atoms with van der Waals surface area (Å²) in [5, 5.41) is 2.68. The molecule has 0 aliphatic rings. The second kappa shape index (κ2) is 5.67. The summed E-state index contributed by atoms with van der Waals surface area (Å²) >= 11 is 0. The van der Waals surface area contributed by atoms with Gasteiger partial charge in [0.25, 0.3) is 0 Å². The molecule has 4 nitrogen and oxygen atoms in total. The minimum Gasteiger partial charge on any atom is -0.497 e. The Morgan fingerprint density at radius 3 is 2.17 bits per heavy atom. The molecule has 0 saturated carbocycles. The van der Waals surface area contributed by atoms with Crippen LogP contribution in [0.25, 0.3) is 0 Å². The quantitative estimate of drug-likeness (QED) is 0.834. The summed E-state index contributed by atoms with van der Waals surface area (Å²) in [5.41, 5.74) is 0.166. The fourth-order valence-electron chi connectivity index (χ4n) is 1.29. The van der Waals surface area contributed by atoms with Crippen LogP contribution in [0.4, 0.5) is 5.69 Å². The highest BCUT2D eigenvalue weighted by molar-refractivity contribution is 6.05. The molecule has 0 unspecified atom stereocenters. The Hall–Kier alpha value is -1.84. The zero-order valence-corrected chi connectivity index (χ0v) is 11.2. The maximum atomic E-state index is 11.7. The van der Waals surface area contributed by atoms with Crippen LogP contribution in [0.15, 0.2) is 24.3 Å². The Kier molecular flexibility index (Phi) is 4.48. The van der Waals surface area contributed by atoms with Crippen molar-refractivity contribution in [2.45, 2.75) is 27.2 Å². The van der Waals surface area contributed by atoms with E-state index >= 15 is 0 Å². The highest BCUT2D eigenvalue weighted by atomic mass is 16.5. The van der Waals surface area contributed by atoms with Gasteiger partial charge in [-0.05, 0) is 24.3 Å². The number of hydrogen-bond donors (Lipinski definition) is 1. The Bertz CT molecular complexity index is 429. The van der Waals surface area contributed by atoms with E-state index in [4.69, 9.17) is 4.74 Å². The number of amides is 1. The first-order valence-corrected chi connectivity index (χ1v) is 5.80. The molecule has 1 amide bonds. The molecule has 0 radical (unpaired) electrons. The Morgan fingerprint density at radius 1 is 1.17 bits per heavy atom. The minimum atomic E-state index is -0.489. The van der Waals surface area contributed by atoms with Gasteiger partial charge in [0, 0.05) is 11.1 Å². The molecule has 1 N–H and O–H groups in total. The predicted octanol–water partition coefficient (Wildman–Crippen LogP) is 2.64. The molecule has 0 aliphatic carbocycles. The van der Waals surface area contributed by atoms with Crippen molar-refractivity contribution in [3.63, 3.8) is 0 Å². The van der Waals surface area contributed by atoms with Crippen LogP contribution in [-0.2, 0) is 9.59 Å². The normalized spacial score (nSPS) is 10.9. The third kappa shape index (κ3) is 4.20. The van der Waals surface area contributed by atoms with Gasteiger partial charge in [-0.1, -0.05) is 20.8 Å². The molecule has 1 aromatic rings. The van der Waals surface area contributed by atoms with Crippen molar-refractivity contribution >= 4 is 17.4 Å².